The molecule has 1 atom stereocenters. The number of anilines is 2. The third-order valence-electron chi connectivity index (χ3n) is 4.70. The number of nitrogens with zero attached hydrogens (tertiary/aromatic N) is 1. The summed E-state index contributed by atoms with van der Waals surface area (Å²) in [7, 11) is 0. The summed E-state index contributed by atoms with van der Waals surface area (Å²) < 4.78 is 13.4. The Kier molecular flexibility index (Phi) is 5.36. The number of amides is 2. The van der Waals surface area contributed by atoms with Gasteiger partial charge in [0.2, 0.25) is 5.91 Å². The second-order valence-electron chi connectivity index (χ2n) is 6.85. The van der Waals surface area contributed by atoms with Crippen molar-refractivity contribution in [1.82, 2.24) is 0 Å². The molecule has 1 saturated heterocycles. The van der Waals surface area contributed by atoms with Crippen molar-refractivity contribution >= 4 is 35.0 Å². The average molecular weight is 406 g/mol. The zero-order chi connectivity index (χ0) is 20.4. The SMILES string of the molecule is Cc1ccc(N2C(=O)CSC2c2cccc(NC(=O)c3cccc(F)c3)c2)cc1. The highest BCUT2D eigenvalue weighted by atomic mass is 32.2. The molecule has 146 valence electrons. The number of carbonyl (C=O) groups is 2. The maximum atomic E-state index is 13.4. The molecule has 1 aliphatic rings. The van der Waals surface area contributed by atoms with Crippen LogP contribution in [-0.2, 0) is 4.79 Å². The number of thioether (sulfide) groups is 1. The van der Waals surface area contributed by atoms with Gasteiger partial charge in [-0.3, -0.25) is 14.5 Å². The zero-order valence-corrected chi connectivity index (χ0v) is 16.6. The highest BCUT2D eigenvalue weighted by Gasteiger charge is 2.34. The second-order valence-corrected chi connectivity index (χ2v) is 7.92. The fourth-order valence-corrected chi connectivity index (χ4v) is 4.43. The molecule has 0 aromatic heterocycles. The molecule has 1 N–H and O–H groups in total. The van der Waals surface area contributed by atoms with Crippen LogP contribution in [0.2, 0.25) is 0 Å². The largest absolute Gasteiger partial charge is 0.322 e. The van der Waals surface area contributed by atoms with Gasteiger partial charge in [-0.15, -0.1) is 11.8 Å². The van der Waals surface area contributed by atoms with E-state index in [-0.39, 0.29) is 22.8 Å². The van der Waals surface area contributed by atoms with E-state index in [0.29, 0.717) is 11.4 Å². The third-order valence-corrected chi connectivity index (χ3v) is 5.91. The van der Waals surface area contributed by atoms with E-state index in [4.69, 9.17) is 0 Å². The van der Waals surface area contributed by atoms with Crippen LogP contribution in [0.15, 0.2) is 72.8 Å². The number of benzene rings is 3. The molecule has 1 aliphatic heterocycles. The van der Waals surface area contributed by atoms with Crippen LogP contribution < -0.4 is 10.2 Å². The summed E-state index contributed by atoms with van der Waals surface area (Å²) in [5.41, 5.74) is 3.75. The van der Waals surface area contributed by atoms with E-state index in [1.807, 2.05) is 49.4 Å². The normalized spacial score (nSPS) is 16.1. The topological polar surface area (TPSA) is 49.4 Å². The van der Waals surface area contributed by atoms with Gasteiger partial charge in [-0.05, 0) is 55.0 Å². The number of carbonyl (C=O) groups excluding carboxylic acids is 2. The lowest BCUT2D eigenvalue weighted by atomic mass is 10.1. The first-order chi connectivity index (χ1) is 14.0. The number of hydrogen-bond acceptors (Lipinski definition) is 3. The Balaban J connectivity index is 1.58. The molecule has 3 aromatic rings. The molecule has 29 heavy (non-hydrogen) atoms. The van der Waals surface area contributed by atoms with Gasteiger partial charge < -0.3 is 5.32 Å². The highest BCUT2D eigenvalue weighted by molar-refractivity contribution is 8.00. The molecule has 0 aliphatic carbocycles. The molecule has 0 radical (unpaired) electrons. The van der Waals surface area contributed by atoms with Crippen molar-refractivity contribution in [2.45, 2.75) is 12.3 Å². The van der Waals surface area contributed by atoms with Crippen molar-refractivity contribution in [3.63, 3.8) is 0 Å². The molecule has 1 heterocycles. The smallest absolute Gasteiger partial charge is 0.255 e. The lowest BCUT2D eigenvalue weighted by Crippen LogP contribution is -2.27. The summed E-state index contributed by atoms with van der Waals surface area (Å²) >= 11 is 1.55. The Morgan fingerprint density at radius 1 is 1.07 bits per heavy atom. The van der Waals surface area contributed by atoms with Gasteiger partial charge in [0.1, 0.15) is 11.2 Å². The number of aryl methyl sites for hydroxylation is 1. The van der Waals surface area contributed by atoms with E-state index in [2.05, 4.69) is 5.32 Å². The van der Waals surface area contributed by atoms with Crippen LogP contribution in [0.1, 0.15) is 26.9 Å². The van der Waals surface area contributed by atoms with E-state index >= 15 is 0 Å². The van der Waals surface area contributed by atoms with E-state index < -0.39 is 5.82 Å². The lowest BCUT2D eigenvalue weighted by molar-refractivity contribution is -0.115. The average Bonchev–Trinajstić information content (AvgIpc) is 3.10. The van der Waals surface area contributed by atoms with Crippen LogP contribution in [0.25, 0.3) is 0 Å². The van der Waals surface area contributed by atoms with Crippen LogP contribution in [0.3, 0.4) is 0 Å². The monoisotopic (exact) mass is 406 g/mol. The Morgan fingerprint density at radius 2 is 1.83 bits per heavy atom. The Hall–Kier alpha value is -3.12. The molecule has 0 spiro atoms. The molecule has 0 bridgehead atoms. The van der Waals surface area contributed by atoms with E-state index in [1.165, 1.54) is 18.2 Å². The molecular weight excluding hydrogens is 387 g/mol. The van der Waals surface area contributed by atoms with E-state index in [1.54, 1.807) is 28.8 Å². The first kappa shape index (κ1) is 19.2. The molecule has 4 nitrogen and oxygen atoms in total. The number of rotatable bonds is 4. The van der Waals surface area contributed by atoms with Gasteiger partial charge in [0.25, 0.3) is 5.91 Å². The summed E-state index contributed by atoms with van der Waals surface area (Å²) in [4.78, 5) is 26.7. The van der Waals surface area contributed by atoms with Gasteiger partial charge in [0.15, 0.2) is 0 Å². The fraction of sp³-hybridized carbons (Fsp3) is 0.130. The van der Waals surface area contributed by atoms with Gasteiger partial charge in [0.05, 0.1) is 5.75 Å². The van der Waals surface area contributed by atoms with Crippen LogP contribution in [-0.4, -0.2) is 17.6 Å². The maximum absolute atomic E-state index is 13.4. The highest BCUT2D eigenvalue weighted by Crippen LogP contribution is 2.42. The van der Waals surface area contributed by atoms with Gasteiger partial charge in [-0.2, -0.15) is 0 Å². The van der Waals surface area contributed by atoms with Crippen molar-refractivity contribution in [2.75, 3.05) is 16.0 Å². The Morgan fingerprint density at radius 3 is 2.59 bits per heavy atom. The first-order valence-corrected chi connectivity index (χ1v) is 10.2. The van der Waals surface area contributed by atoms with Crippen molar-refractivity contribution < 1.29 is 14.0 Å². The Labute approximate surface area is 172 Å². The van der Waals surface area contributed by atoms with E-state index in [9.17, 15) is 14.0 Å². The van der Waals surface area contributed by atoms with Crippen molar-refractivity contribution in [3.05, 3.63) is 95.3 Å². The third kappa shape index (κ3) is 4.17. The number of hydrogen-bond donors (Lipinski definition) is 1. The fourth-order valence-electron chi connectivity index (χ4n) is 3.26. The standard InChI is InChI=1S/C23H19FN2O2S/c1-15-8-10-20(11-9-15)26-21(27)14-29-23(26)17-5-3-7-19(13-17)25-22(28)16-4-2-6-18(24)12-16/h2-13,23H,14H2,1H3,(H,25,28). The molecule has 6 heteroatoms. The maximum Gasteiger partial charge on any atom is 0.255 e. The van der Waals surface area contributed by atoms with Gasteiger partial charge in [-0.25, -0.2) is 4.39 Å². The van der Waals surface area contributed by atoms with Crippen molar-refractivity contribution in [3.8, 4) is 0 Å². The van der Waals surface area contributed by atoms with Crippen LogP contribution >= 0.6 is 11.8 Å². The predicted molar refractivity (Wildman–Crippen MR) is 115 cm³/mol. The van der Waals surface area contributed by atoms with Crippen LogP contribution in [0.5, 0.6) is 0 Å². The molecule has 2 amide bonds. The molecule has 0 saturated carbocycles. The van der Waals surface area contributed by atoms with Crippen LogP contribution in [0, 0.1) is 12.7 Å². The number of halogens is 1. The lowest BCUT2D eigenvalue weighted by Gasteiger charge is -2.25. The summed E-state index contributed by atoms with van der Waals surface area (Å²) in [6.45, 7) is 2.01. The van der Waals surface area contributed by atoms with Gasteiger partial charge in [-0.1, -0.05) is 35.9 Å². The van der Waals surface area contributed by atoms with Crippen molar-refractivity contribution in [2.24, 2.45) is 0 Å². The van der Waals surface area contributed by atoms with Crippen LogP contribution in [0.4, 0.5) is 15.8 Å². The van der Waals surface area contributed by atoms with Crippen molar-refractivity contribution in [1.29, 1.82) is 0 Å². The molecule has 3 aromatic carbocycles. The summed E-state index contributed by atoms with van der Waals surface area (Å²) in [5.74, 6) is -0.385. The molecule has 4 rings (SSSR count). The number of nitrogens with one attached hydrogen (secondary N) is 1. The first-order valence-electron chi connectivity index (χ1n) is 9.18. The quantitative estimate of drug-likeness (QED) is 0.651. The summed E-state index contributed by atoms with van der Waals surface area (Å²) in [5, 5.41) is 2.63. The van der Waals surface area contributed by atoms with Gasteiger partial charge >= 0.3 is 0 Å². The summed E-state index contributed by atoms with van der Waals surface area (Å²) in [6.07, 6.45) is 0. The minimum Gasteiger partial charge on any atom is -0.322 e. The molecular formula is C23H19FN2O2S. The second kappa shape index (κ2) is 8.09. The molecule has 1 unspecified atom stereocenters. The van der Waals surface area contributed by atoms with E-state index in [0.717, 1.165) is 16.8 Å². The predicted octanol–water partition coefficient (Wildman–Crippen LogP) is 5.17. The minimum atomic E-state index is -0.457. The van der Waals surface area contributed by atoms with Gasteiger partial charge in [0, 0.05) is 16.9 Å². The molecule has 1 fully saturated rings. The zero-order valence-electron chi connectivity index (χ0n) is 15.8. The Bertz CT molecular complexity index is 1070. The summed E-state index contributed by atoms with van der Waals surface area (Å²) in [6, 6.07) is 20.8. The minimum absolute atomic E-state index is 0.0538.